The maximum Gasteiger partial charge on any atom is 0.147 e. The van der Waals surface area contributed by atoms with Gasteiger partial charge in [-0.25, -0.2) is 0 Å². The van der Waals surface area contributed by atoms with Crippen LogP contribution in [0.3, 0.4) is 0 Å². The molecule has 4 heteroatoms. The number of hydrogen-bond acceptors (Lipinski definition) is 2. The van der Waals surface area contributed by atoms with Crippen molar-refractivity contribution in [2.75, 3.05) is 13.2 Å². The Hall–Kier alpha value is -0.0600. The first-order chi connectivity index (χ1) is 9.56. The van der Waals surface area contributed by atoms with Gasteiger partial charge in [-0.15, -0.1) is 0 Å². The summed E-state index contributed by atoms with van der Waals surface area (Å²) in [7, 11) is 0. The Labute approximate surface area is 138 Å². The maximum atomic E-state index is 5.96. The first kappa shape index (κ1) is 16.3. The molecule has 20 heavy (non-hydrogen) atoms. The van der Waals surface area contributed by atoms with Crippen molar-refractivity contribution in [1.29, 1.82) is 0 Å². The molecule has 0 radical (unpaired) electrons. The second-order valence-corrected chi connectivity index (χ2v) is 7.73. The fourth-order valence-corrected chi connectivity index (χ4v) is 3.73. The molecule has 0 saturated heterocycles. The highest BCUT2D eigenvalue weighted by Crippen LogP contribution is 2.36. The minimum atomic E-state index is 0.673. The molecule has 1 aliphatic carbocycles. The van der Waals surface area contributed by atoms with Crippen molar-refractivity contribution in [3.8, 4) is 5.75 Å². The van der Waals surface area contributed by atoms with Crippen LogP contribution in [0.25, 0.3) is 0 Å². The fourth-order valence-electron chi connectivity index (χ4n) is 2.22. The fraction of sp³-hybridized carbons (Fsp3) is 0.625. The molecule has 0 bridgehead atoms. The summed E-state index contributed by atoms with van der Waals surface area (Å²) in [5.41, 5.74) is 1.26. The van der Waals surface area contributed by atoms with Crippen molar-refractivity contribution in [3.05, 3.63) is 26.6 Å². The van der Waals surface area contributed by atoms with Gasteiger partial charge in [0.2, 0.25) is 0 Å². The van der Waals surface area contributed by atoms with Crippen molar-refractivity contribution in [3.63, 3.8) is 0 Å². The molecule has 1 N–H and O–H groups in total. The lowest BCUT2D eigenvalue weighted by atomic mass is 9.86. The summed E-state index contributed by atoms with van der Waals surface area (Å²) in [5.74, 6) is 2.36. The zero-order valence-corrected chi connectivity index (χ0v) is 15.4. The summed E-state index contributed by atoms with van der Waals surface area (Å²) in [6, 6.07) is 4.29. The number of hydrogen-bond donors (Lipinski definition) is 1. The Morgan fingerprint density at radius 2 is 1.90 bits per heavy atom. The highest BCUT2D eigenvalue weighted by Gasteiger charge is 2.19. The summed E-state index contributed by atoms with van der Waals surface area (Å²) in [4.78, 5) is 0. The lowest BCUT2D eigenvalue weighted by Crippen LogP contribution is -2.20. The molecule has 1 fully saturated rings. The second kappa shape index (κ2) is 7.81. The predicted molar refractivity (Wildman–Crippen MR) is 91.2 cm³/mol. The Kier molecular flexibility index (Phi) is 6.37. The smallest absolute Gasteiger partial charge is 0.147 e. The van der Waals surface area contributed by atoms with Crippen LogP contribution >= 0.6 is 31.9 Å². The van der Waals surface area contributed by atoms with E-state index in [0.717, 1.165) is 40.3 Å². The number of nitrogens with one attached hydrogen (secondary N) is 1. The van der Waals surface area contributed by atoms with Crippen molar-refractivity contribution in [2.45, 2.75) is 39.7 Å². The number of rotatable bonds is 7. The van der Waals surface area contributed by atoms with Crippen molar-refractivity contribution in [1.82, 2.24) is 5.32 Å². The number of halogens is 2. The summed E-state index contributed by atoms with van der Waals surface area (Å²) in [6.45, 7) is 7.20. The molecule has 0 unspecified atom stereocenters. The Balaban J connectivity index is 1.92. The average Bonchev–Trinajstić information content (AvgIpc) is 2.30. The molecule has 1 saturated carbocycles. The first-order valence-electron chi connectivity index (χ1n) is 7.37. The van der Waals surface area contributed by atoms with Gasteiger partial charge in [0, 0.05) is 6.54 Å². The average molecular weight is 405 g/mol. The molecule has 1 aliphatic rings. The zero-order chi connectivity index (χ0) is 14.5. The van der Waals surface area contributed by atoms with Crippen LogP contribution in [0.5, 0.6) is 5.75 Å². The minimum Gasteiger partial charge on any atom is -0.491 e. The Bertz CT molecular complexity index is 421. The molecule has 0 amide bonds. The van der Waals surface area contributed by atoms with Crippen LogP contribution in [0, 0.1) is 11.8 Å². The van der Waals surface area contributed by atoms with Gasteiger partial charge in [0.25, 0.3) is 0 Å². The molecule has 2 nitrogen and oxygen atoms in total. The molecular formula is C16H23Br2NO. The van der Waals surface area contributed by atoms with Gasteiger partial charge < -0.3 is 10.1 Å². The summed E-state index contributed by atoms with van der Waals surface area (Å²) in [6.07, 6.45) is 3.98. The molecule has 0 atom stereocenters. The van der Waals surface area contributed by atoms with Crippen LogP contribution < -0.4 is 10.1 Å². The Morgan fingerprint density at radius 3 is 2.40 bits per heavy atom. The van der Waals surface area contributed by atoms with E-state index in [0.29, 0.717) is 5.92 Å². The third kappa shape index (κ3) is 4.74. The highest BCUT2D eigenvalue weighted by molar-refractivity contribution is 9.11. The molecule has 1 aromatic carbocycles. The van der Waals surface area contributed by atoms with E-state index in [9.17, 15) is 0 Å². The SMILES string of the molecule is CC(C)CNCc1cc(Br)c(OCC2CCC2)c(Br)c1. The van der Waals surface area contributed by atoms with Gasteiger partial charge in [-0.1, -0.05) is 20.3 Å². The van der Waals surface area contributed by atoms with Crippen LogP contribution in [-0.4, -0.2) is 13.2 Å². The Morgan fingerprint density at radius 1 is 1.25 bits per heavy atom. The van der Waals surface area contributed by atoms with E-state index < -0.39 is 0 Å². The van der Waals surface area contributed by atoms with E-state index in [1.165, 1.54) is 24.8 Å². The number of benzene rings is 1. The molecule has 0 heterocycles. The molecule has 0 spiro atoms. The van der Waals surface area contributed by atoms with Gasteiger partial charge in [-0.3, -0.25) is 0 Å². The van der Waals surface area contributed by atoms with E-state index in [-0.39, 0.29) is 0 Å². The summed E-state index contributed by atoms with van der Waals surface area (Å²) in [5, 5.41) is 3.46. The quantitative estimate of drug-likeness (QED) is 0.679. The topological polar surface area (TPSA) is 21.3 Å². The van der Waals surface area contributed by atoms with Gasteiger partial charge in [-0.05, 0) is 80.8 Å². The third-order valence-corrected chi connectivity index (χ3v) is 4.81. The van der Waals surface area contributed by atoms with Crippen LogP contribution in [-0.2, 0) is 6.54 Å². The predicted octanol–water partition coefficient (Wildman–Crippen LogP) is 5.14. The molecular weight excluding hydrogens is 382 g/mol. The van der Waals surface area contributed by atoms with Gasteiger partial charge >= 0.3 is 0 Å². The monoisotopic (exact) mass is 403 g/mol. The van der Waals surface area contributed by atoms with Crippen LogP contribution in [0.4, 0.5) is 0 Å². The molecule has 2 rings (SSSR count). The molecule has 0 aliphatic heterocycles. The van der Waals surface area contributed by atoms with Crippen molar-refractivity contribution in [2.24, 2.45) is 11.8 Å². The van der Waals surface area contributed by atoms with E-state index >= 15 is 0 Å². The van der Waals surface area contributed by atoms with Crippen LogP contribution in [0.15, 0.2) is 21.1 Å². The van der Waals surface area contributed by atoms with Gasteiger partial charge in [0.1, 0.15) is 5.75 Å². The maximum absolute atomic E-state index is 5.96. The zero-order valence-electron chi connectivity index (χ0n) is 12.2. The first-order valence-corrected chi connectivity index (χ1v) is 8.96. The lowest BCUT2D eigenvalue weighted by molar-refractivity contribution is 0.179. The minimum absolute atomic E-state index is 0.673. The van der Waals surface area contributed by atoms with Gasteiger partial charge in [0.15, 0.2) is 0 Å². The standard InChI is InChI=1S/C16H23Br2NO/c1-11(2)8-19-9-13-6-14(17)16(15(18)7-13)20-10-12-4-3-5-12/h6-7,11-12,19H,3-5,8-10H2,1-2H3. The van der Waals surface area contributed by atoms with E-state index in [2.05, 4.69) is 63.2 Å². The highest BCUT2D eigenvalue weighted by atomic mass is 79.9. The van der Waals surface area contributed by atoms with E-state index in [4.69, 9.17) is 4.74 Å². The second-order valence-electron chi connectivity index (χ2n) is 6.02. The molecule has 0 aromatic heterocycles. The molecule has 112 valence electrons. The number of ether oxygens (including phenoxy) is 1. The van der Waals surface area contributed by atoms with Crippen molar-refractivity contribution >= 4 is 31.9 Å². The molecule has 1 aromatic rings. The van der Waals surface area contributed by atoms with Crippen LogP contribution in [0.2, 0.25) is 0 Å². The van der Waals surface area contributed by atoms with Gasteiger partial charge in [0.05, 0.1) is 15.6 Å². The van der Waals surface area contributed by atoms with E-state index in [1.54, 1.807) is 0 Å². The van der Waals surface area contributed by atoms with E-state index in [1.807, 2.05) is 0 Å². The largest absolute Gasteiger partial charge is 0.491 e. The normalized spacial score (nSPS) is 15.4. The van der Waals surface area contributed by atoms with Crippen LogP contribution in [0.1, 0.15) is 38.7 Å². The summed E-state index contributed by atoms with van der Waals surface area (Å²) >= 11 is 7.25. The lowest BCUT2D eigenvalue weighted by Gasteiger charge is -2.25. The third-order valence-electron chi connectivity index (χ3n) is 3.63. The summed E-state index contributed by atoms with van der Waals surface area (Å²) < 4.78 is 8.02. The van der Waals surface area contributed by atoms with Gasteiger partial charge in [-0.2, -0.15) is 0 Å². The van der Waals surface area contributed by atoms with Crippen molar-refractivity contribution < 1.29 is 4.74 Å².